The van der Waals surface area contributed by atoms with Crippen molar-refractivity contribution in [3.63, 3.8) is 0 Å². The van der Waals surface area contributed by atoms with Gasteiger partial charge in [0.15, 0.2) is 0 Å². The maximum absolute atomic E-state index is 6.64. The molecule has 0 aliphatic rings. The molecule has 0 saturated carbocycles. The van der Waals surface area contributed by atoms with Crippen molar-refractivity contribution in [1.29, 1.82) is 0 Å². The second-order valence-electron chi connectivity index (χ2n) is 8.44. The lowest BCUT2D eigenvalue weighted by Crippen LogP contribution is -2.09. The highest BCUT2D eigenvalue weighted by Gasteiger charge is 2.11. The molecule has 2 atom stereocenters. The van der Waals surface area contributed by atoms with Crippen LogP contribution in [0.1, 0.15) is 22.3 Å². The van der Waals surface area contributed by atoms with E-state index in [1.54, 1.807) is 14.2 Å². The van der Waals surface area contributed by atoms with Crippen LogP contribution in [-0.4, -0.2) is 26.5 Å². The van der Waals surface area contributed by atoms with E-state index in [1.807, 2.05) is 36.4 Å². The highest BCUT2D eigenvalue weighted by molar-refractivity contribution is 7.51. The average molecular weight is 555 g/mol. The predicted molar refractivity (Wildman–Crippen MR) is 160 cm³/mol. The Morgan fingerprint density at radius 2 is 0.944 bits per heavy atom. The molecule has 6 heteroatoms. The molecule has 0 saturated heterocycles. The summed E-state index contributed by atoms with van der Waals surface area (Å²) in [6.07, 6.45) is 3.91. The van der Waals surface area contributed by atoms with Gasteiger partial charge in [0.1, 0.15) is 11.5 Å². The predicted octanol–water partition coefficient (Wildman–Crippen LogP) is 7.50. The number of benzene rings is 4. The standard InChI is InChI=1S/C30H30Cl2O2P2/c1-33-23-13-9-21(10-14-23)19-25-27(31)5-3-7-29(25)35-17-18-36-30-8-4-6-28(32)26(30)20-22-11-15-24(34-2)16-12-22/h3-16,35-36H,17-20H2,1-2H3. The van der Waals surface area contributed by atoms with E-state index in [4.69, 9.17) is 32.7 Å². The Balaban J connectivity index is 1.39. The molecule has 2 nitrogen and oxygen atoms in total. The summed E-state index contributed by atoms with van der Waals surface area (Å²) in [7, 11) is 4.81. The lowest BCUT2D eigenvalue weighted by Gasteiger charge is -2.14. The number of ether oxygens (including phenoxy) is 2. The van der Waals surface area contributed by atoms with Gasteiger partial charge in [-0.15, -0.1) is 0 Å². The molecule has 0 spiro atoms. The van der Waals surface area contributed by atoms with Crippen LogP contribution in [0.15, 0.2) is 84.9 Å². The average Bonchev–Trinajstić information content (AvgIpc) is 2.91. The van der Waals surface area contributed by atoms with Crippen molar-refractivity contribution in [3.05, 3.63) is 117 Å². The van der Waals surface area contributed by atoms with Gasteiger partial charge in [-0.05, 0) is 94.4 Å². The smallest absolute Gasteiger partial charge is 0.118 e. The lowest BCUT2D eigenvalue weighted by molar-refractivity contribution is 0.414. The van der Waals surface area contributed by atoms with E-state index in [1.165, 1.54) is 32.9 Å². The fourth-order valence-electron chi connectivity index (χ4n) is 4.10. The van der Waals surface area contributed by atoms with Gasteiger partial charge in [0.2, 0.25) is 0 Å². The maximum Gasteiger partial charge on any atom is 0.118 e. The Morgan fingerprint density at radius 3 is 1.31 bits per heavy atom. The van der Waals surface area contributed by atoms with Crippen LogP contribution in [0, 0.1) is 0 Å². The molecule has 4 rings (SSSR count). The Hall–Kier alpha value is -2.08. The molecule has 36 heavy (non-hydrogen) atoms. The quantitative estimate of drug-likeness (QED) is 0.141. The second-order valence-corrected chi connectivity index (χ2v) is 12.0. The fourth-order valence-corrected chi connectivity index (χ4v) is 7.58. The van der Waals surface area contributed by atoms with E-state index in [2.05, 4.69) is 48.5 Å². The van der Waals surface area contributed by atoms with Crippen molar-refractivity contribution < 1.29 is 9.47 Å². The van der Waals surface area contributed by atoms with Crippen molar-refractivity contribution in [2.24, 2.45) is 0 Å². The molecule has 0 aliphatic carbocycles. The highest BCUT2D eigenvalue weighted by Crippen LogP contribution is 2.28. The summed E-state index contributed by atoms with van der Waals surface area (Å²) in [5.41, 5.74) is 4.93. The summed E-state index contributed by atoms with van der Waals surface area (Å²) in [5.74, 6) is 1.74. The van der Waals surface area contributed by atoms with Gasteiger partial charge in [-0.1, -0.05) is 88.9 Å². The molecular formula is C30H30Cl2O2P2. The SMILES string of the molecule is COc1ccc(Cc2c(Cl)cccc2PCCPc2cccc(Cl)c2Cc2ccc(OC)cc2)cc1. The van der Waals surface area contributed by atoms with Crippen molar-refractivity contribution in [1.82, 2.24) is 0 Å². The van der Waals surface area contributed by atoms with E-state index < -0.39 is 0 Å². The van der Waals surface area contributed by atoms with Crippen LogP contribution in [0.25, 0.3) is 0 Å². The molecule has 0 amide bonds. The first-order valence-corrected chi connectivity index (χ1v) is 15.0. The first-order valence-electron chi connectivity index (χ1n) is 11.9. The lowest BCUT2D eigenvalue weighted by atomic mass is 10.0. The van der Waals surface area contributed by atoms with Crippen LogP contribution >= 0.6 is 40.4 Å². The topological polar surface area (TPSA) is 18.5 Å². The zero-order valence-electron chi connectivity index (χ0n) is 20.5. The Kier molecular flexibility index (Phi) is 10.1. The molecule has 0 bridgehead atoms. The molecule has 0 radical (unpaired) electrons. The van der Waals surface area contributed by atoms with Gasteiger partial charge in [0.05, 0.1) is 14.2 Å². The van der Waals surface area contributed by atoms with Gasteiger partial charge in [-0.25, -0.2) is 0 Å². The van der Waals surface area contributed by atoms with E-state index in [9.17, 15) is 0 Å². The van der Waals surface area contributed by atoms with E-state index in [0.29, 0.717) is 0 Å². The van der Waals surface area contributed by atoms with Gasteiger partial charge in [-0.3, -0.25) is 0 Å². The summed E-state index contributed by atoms with van der Waals surface area (Å²) in [6.45, 7) is 0. The third-order valence-corrected chi connectivity index (χ3v) is 9.98. The van der Waals surface area contributed by atoms with Gasteiger partial charge in [-0.2, -0.15) is 0 Å². The summed E-state index contributed by atoms with van der Waals surface area (Å²) in [6, 6.07) is 29.0. The third-order valence-electron chi connectivity index (χ3n) is 6.07. The summed E-state index contributed by atoms with van der Waals surface area (Å²) >= 11 is 13.3. The van der Waals surface area contributed by atoms with Crippen LogP contribution in [0.3, 0.4) is 0 Å². The Labute approximate surface area is 227 Å². The molecule has 2 unspecified atom stereocenters. The van der Waals surface area contributed by atoms with Crippen LogP contribution in [0.4, 0.5) is 0 Å². The summed E-state index contributed by atoms with van der Waals surface area (Å²) in [4.78, 5) is 0. The zero-order chi connectivity index (χ0) is 25.3. The highest BCUT2D eigenvalue weighted by atomic mass is 35.5. The van der Waals surface area contributed by atoms with Crippen molar-refractivity contribution in [2.75, 3.05) is 26.5 Å². The monoisotopic (exact) mass is 554 g/mol. The maximum atomic E-state index is 6.64. The summed E-state index contributed by atoms with van der Waals surface area (Å²) < 4.78 is 10.6. The molecule has 0 aromatic heterocycles. The second kappa shape index (κ2) is 13.5. The number of halogens is 2. The largest absolute Gasteiger partial charge is 0.497 e. The third kappa shape index (κ3) is 7.24. The zero-order valence-corrected chi connectivity index (χ0v) is 24.0. The Bertz CT molecular complexity index is 1170. The minimum absolute atomic E-state index is 0.718. The Morgan fingerprint density at radius 1 is 0.556 bits per heavy atom. The molecule has 186 valence electrons. The van der Waals surface area contributed by atoms with Crippen molar-refractivity contribution in [3.8, 4) is 11.5 Å². The van der Waals surface area contributed by atoms with Gasteiger partial charge >= 0.3 is 0 Å². The van der Waals surface area contributed by atoms with Crippen LogP contribution in [0.5, 0.6) is 11.5 Å². The first-order chi connectivity index (χ1) is 17.6. The van der Waals surface area contributed by atoms with E-state index in [0.717, 1.165) is 63.9 Å². The minimum atomic E-state index is 0.718. The summed E-state index contributed by atoms with van der Waals surface area (Å²) in [5, 5.41) is 4.39. The molecule has 4 aromatic rings. The molecule has 0 fully saturated rings. The van der Waals surface area contributed by atoms with Crippen LogP contribution in [-0.2, 0) is 12.8 Å². The van der Waals surface area contributed by atoms with Gasteiger partial charge < -0.3 is 9.47 Å². The molecular weight excluding hydrogens is 525 g/mol. The van der Waals surface area contributed by atoms with Crippen LogP contribution in [0.2, 0.25) is 10.0 Å². The van der Waals surface area contributed by atoms with Gasteiger partial charge in [0.25, 0.3) is 0 Å². The van der Waals surface area contributed by atoms with Crippen LogP contribution < -0.4 is 20.1 Å². The molecule has 0 heterocycles. The van der Waals surface area contributed by atoms with E-state index in [-0.39, 0.29) is 0 Å². The molecule has 0 aliphatic heterocycles. The molecule has 0 N–H and O–H groups in total. The number of hydrogen-bond donors (Lipinski definition) is 0. The van der Waals surface area contributed by atoms with Crippen molar-refractivity contribution in [2.45, 2.75) is 12.8 Å². The number of hydrogen-bond acceptors (Lipinski definition) is 2. The number of methoxy groups -OCH3 is 2. The van der Waals surface area contributed by atoms with Gasteiger partial charge in [0, 0.05) is 10.0 Å². The molecule has 4 aromatic carbocycles. The van der Waals surface area contributed by atoms with E-state index >= 15 is 0 Å². The number of rotatable bonds is 11. The normalized spacial score (nSPS) is 11.6. The first kappa shape index (κ1) is 27.0. The minimum Gasteiger partial charge on any atom is -0.497 e. The fraction of sp³-hybridized carbons (Fsp3) is 0.200. The van der Waals surface area contributed by atoms with Crippen molar-refractivity contribution >= 4 is 51.0 Å².